The average molecular weight is 477 g/mol. The Bertz CT molecular complexity index is 1180. The second-order valence-corrected chi connectivity index (χ2v) is 8.24. The quantitative estimate of drug-likeness (QED) is 0.508. The van der Waals surface area contributed by atoms with Crippen LogP contribution in [0.25, 0.3) is 11.5 Å². The highest BCUT2D eigenvalue weighted by Gasteiger charge is 2.32. The van der Waals surface area contributed by atoms with Crippen LogP contribution in [0.1, 0.15) is 30.3 Å². The lowest BCUT2D eigenvalue weighted by molar-refractivity contribution is -0.129. The van der Waals surface area contributed by atoms with Gasteiger partial charge in [-0.1, -0.05) is 29.8 Å². The number of nitrogens with one attached hydrogen (secondary N) is 1. The Hall–Kier alpha value is -2.87. The predicted molar refractivity (Wildman–Crippen MR) is 118 cm³/mol. The van der Waals surface area contributed by atoms with Gasteiger partial charge in [0, 0.05) is 34.7 Å². The molecule has 0 saturated heterocycles. The first-order valence-corrected chi connectivity index (χ1v) is 10.6. The molecule has 1 aliphatic rings. The van der Waals surface area contributed by atoms with Crippen molar-refractivity contribution < 1.29 is 23.4 Å². The number of oxazole rings is 1. The summed E-state index contributed by atoms with van der Waals surface area (Å²) in [6, 6.07) is 9.19. The second kappa shape index (κ2) is 9.32. The van der Waals surface area contributed by atoms with Crippen molar-refractivity contribution in [2.45, 2.75) is 31.5 Å². The normalized spacial score (nSPS) is 17.4. The lowest BCUT2D eigenvalue weighted by Crippen LogP contribution is -2.41. The molecule has 9 heteroatoms. The highest BCUT2D eigenvalue weighted by Crippen LogP contribution is 2.36. The lowest BCUT2D eigenvalue weighted by Gasteiger charge is -2.29. The summed E-state index contributed by atoms with van der Waals surface area (Å²) in [5.41, 5.74) is 1.49. The van der Waals surface area contributed by atoms with E-state index >= 15 is 0 Å². The molecule has 1 aliphatic heterocycles. The van der Waals surface area contributed by atoms with Crippen LogP contribution < -0.4 is 10.1 Å². The number of aliphatic hydroxyl groups excluding tert-OH is 1. The molecule has 6 nitrogen and oxygen atoms in total. The molecule has 0 bridgehead atoms. The summed E-state index contributed by atoms with van der Waals surface area (Å²) >= 11 is 11.6. The number of nitrogens with zero attached hydrogens (tertiary/aromatic N) is 1. The Kier molecular flexibility index (Phi) is 6.50. The van der Waals surface area contributed by atoms with Gasteiger partial charge in [-0.05, 0) is 42.8 Å². The van der Waals surface area contributed by atoms with Crippen LogP contribution in [-0.2, 0) is 11.2 Å². The van der Waals surface area contributed by atoms with Crippen molar-refractivity contribution in [3.05, 3.63) is 82.1 Å². The number of amides is 1. The van der Waals surface area contributed by atoms with Gasteiger partial charge in [0.05, 0.1) is 17.3 Å². The number of aromatic nitrogens is 1. The molecule has 2 aromatic carbocycles. The summed E-state index contributed by atoms with van der Waals surface area (Å²) in [5.74, 6) is 0.298. The van der Waals surface area contributed by atoms with Crippen LogP contribution in [0.15, 0.2) is 59.3 Å². The molecular weight excluding hydrogens is 458 g/mol. The molecule has 0 fully saturated rings. The third kappa shape index (κ3) is 4.96. The standard InChI is InChI=1S/C23H19Cl2FN2O4/c1-12(2-5-15-11-27-23(31-15)13-3-6-17(25)18(26)8-13)28-22(30)21-10-19(29)16-9-14(24)4-7-20(16)32-21/h3-4,6-9,11,19,21,29H,1-2,5,10H2,(H,28,30)/t19-,21-/m1/s1. The van der Waals surface area contributed by atoms with Crippen molar-refractivity contribution in [3.63, 3.8) is 0 Å². The molecule has 1 amide bonds. The van der Waals surface area contributed by atoms with Crippen molar-refractivity contribution in [2.75, 3.05) is 0 Å². The van der Waals surface area contributed by atoms with Crippen molar-refractivity contribution in [2.24, 2.45) is 0 Å². The van der Waals surface area contributed by atoms with Crippen LogP contribution in [-0.4, -0.2) is 22.1 Å². The lowest BCUT2D eigenvalue weighted by atomic mass is 9.98. The maximum atomic E-state index is 13.6. The molecule has 0 unspecified atom stereocenters. The molecule has 166 valence electrons. The van der Waals surface area contributed by atoms with E-state index in [1.165, 1.54) is 12.1 Å². The Labute approximate surface area is 193 Å². The molecule has 3 aromatic rings. The molecule has 1 aromatic heterocycles. The highest BCUT2D eigenvalue weighted by atomic mass is 35.5. The summed E-state index contributed by atoms with van der Waals surface area (Å²) in [6.07, 6.45) is 0.767. The molecule has 0 aliphatic carbocycles. The van der Waals surface area contributed by atoms with E-state index in [1.807, 2.05) is 0 Å². The average Bonchev–Trinajstić information content (AvgIpc) is 3.23. The Balaban J connectivity index is 1.31. The van der Waals surface area contributed by atoms with E-state index in [0.717, 1.165) is 0 Å². The predicted octanol–water partition coefficient (Wildman–Crippen LogP) is 5.23. The van der Waals surface area contributed by atoms with E-state index in [1.54, 1.807) is 30.5 Å². The third-order valence-electron chi connectivity index (χ3n) is 5.02. The van der Waals surface area contributed by atoms with E-state index in [9.17, 15) is 14.3 Å². The first-order valence-electron chi connectivity index (χ1n) is 9.83. The van der Waals surface area contributed by atoms with Crippen molar-refractivity contribution in [3.8, 4) is 17.2 Å². The van der Waals surface area contributed by atoms with Crippen LogP contribution in [0.4, 0.5) is 4.39 Å². The topological polar surface area (TPSA) is 84.6 Å². The molecule has 0 saturated carbocycles. The number of hydrogen-bond acceptors (Lipinski definition) is 5. The minimum atomic E-state index is -0.855. The number of carbonyl (C=O) groups is 1. The van der Waals surface area contributed by atoms with Gasteiger partial charge in [0.2, 0.25) is 5.89 Å². The van der Waals surface area contributed by atoms with Crippen LogP contribution in [0.3, 0.4) is 0 Å². The van der Waals surface area contributed by atoms with Gasteiger partial charge >= 0.3 is 0 Å². The van der Waals surface area contributed by atoms with E-state index in [0.29, 0.717) is 46.2 Å². The fourth-order valence-corrected chi connectivity index (χ4v) is 3.65. The SMILES string of the molecule is C=C(CCc1cnc(-c2ccc(Cl)c(F)c2)o1)NC(=O)[C@H]1C[C@@H](O)c2cc(Cl)ccc2O1. The van der Waals surface area contributed by atoms with Crippen LogP contribution in [0.5, 0.6) is 5.75 Å². The number of halogens is 3. The van der Waals surface area contributed by atoms with E-state index in [4.69, 9.17) is 32.4 Å². The first-order chi connectivity index (χ1) is 15.3. The van der Waals surface area contributed by atoms with E-state index in [2.05, 4.69) is 16.9 Å². The second-order valence-electron chi connectivity index (χ2n) is 7.39. The van der Waals surface area contributed by atoms with Gasteiger partial charge in [0.1, 0.15) is 17.3 Å². The Morgan fingerprint density at radius 2 is 2.09 bits per heavy atom. The number of allylic oxidation sites excluding steroid dienone is 1. The van der Waals surface area contributed by atoms with Crippen LogP contribution in [0.2, 0.25) is 10.0 Å². The van der Waals surface area contributed by atoms with Gasteiger partial charge in [0.25, 0.3) is 5.91 Å². The summed E-state index contributed by atoms with van der Waals surface area (Å²) in [7, 11) is 0. The van der Waals surface area contributed by atoms with E-state index in [-0.39, 0.29) is 17.3 Å². The fraction of sp³-hybridized carbons (Fsp3) is 0.217. The highest BCUT2D eigenvalue weighted by molar-refractivity contribution is 6.31. The zero-order valence-corrected chi connectivity index (χ0v) is 18.3. The number of rotatable bonds is 6. The maximum Gasteiger partial charge on any atom is 0.265 e. The number of fused-ring (bicyclic) bond motifs is 1. The van der Waals surface area contributed by atoms with Crippen molar-refractivity contribution in [1.82, 2.24) is 10.3 Å². The number of aryl methyl sites for hydroxylation is 1. The van der Waals surface area contributed by atoms with Gasteiger partial charge in [-0.3, -0.25) is 4.79 Å². The molecule has 0 spiro atoms. The van der Waals surface area contributed by atoms with Crippen molar-refractivity contribution >= 4 is 29.1 Å². The summed E-state index contributed by atoms with van der Waals surface area (Å²) in [6.45, 7) is 3.87. The summed E-state index contributed by atoms with van der Waals surface area (Å²) < 4.78 is 25.0. The Morgan fingerprint density at radius 3 is 2.88 bits per heavy atom. The van der Waals surface area contributed by atoms with E-state index < -0.39 is 23.9 Å². The molecule has 2 heterocycles. The number of ether oxygens (including phenoxy) is 1. The largest absolute Gasteiger partial charge is 0.480 e. The number of benzene rings is 2. The van der Waals surface area contributed by atoms with Gasteiger partial charge in [-0.15, -0.1) is 0 Å². The zero-order valence-electron chi connectivity index (χ0n) is 16.8. The monoisotopic (exact) mass is 476 g/mol. The van der Waals surface area contributed by atoms with Crippen molar-refractivity contribution in [1.29, 1.82) is 0 Å². The van der Waals surface area contributed by atoms with Crippen LogP contribution >= 0.6 is 23.2 Å². The maximum absolute atomic E-state index is 13.6. The molecule has 4 rings (SSSR count). The molecular formula is C23H19Cl2FN2O4. The summed E-state index contributed by atoms with van der Waals surface area (Å²) in [5, 5.41) is 13.5. The molecule has 2 atom stereocenters. The van der Waals surface area contributed by atoms with Gasteiger partial charge in [-0.2, -0.15) is 0 Å². The first kappa shape index (κ1) is 22.3. The van der Waals surface area contributed by atoms with Gasteiger partial charge in [0.15, 0.2) is 6.10 Å². The number of hydrogen-bond donors (Lipinski definition) is 2. The zero-order chi connectivity index (χ0) is 22.8. The van der Waals surface area contributed by atoms with Gasteiger partial charge in [-0.25, -0.2) is 9.37 Å². The molecule has 32 heavy (non-hydrogen) atoms. The van der Waals surface area contributed by atoms with Crippen LogP contribution in [0, 0.1) is 5.82 Å². The smallest absolute Gasteiger partial charge is 0.265 e. The summed E-state index contributed by atoms with van der Waals surface area (Å²) in [4.78, 5) is 16.7. The number of aliphatic hydroxyl groups is 1. The minimum absolute atomic E-state index is 0.0225. The van der Waals surface area contributed by atoms with Gasteiger partial charge < -0.3 is 19.6 Å². The Morgan fingerprint density at radius 1 is 1.28 bits per heavy atom. The third-order valence-corrected chi connectivity index (χ3v) is 5.56. The number of carbonyl (C=O) groups excluding carboxylic acids is 1. The minimum Gasteiger partial charge on any atom is -0.480 e. The molecule has 0 radical (unpaired) electrons. The fourth-order valence-electron chi connectivity index (χ4n) is 3.36. The molecule has 2 N–H and O–H groups in total.